The molecular weight excluding hydrogens is 282 g/mol. The molecule has 0 amide bonds. The molecule has 5 nitrogen and oxygen atoms in total. The van der Waals surface area contributed by atoms with Crippen molar-refractivity contribution in [2.75, 3.05) is 6.54 Å². The number of aromatic hydroxyl groups is 3. The summed E-state index contributed by atoms with van der Waals surface area (Å²) >= 11 is 0. The summed E-state index contributed by atoms with van der Waals surface area (Å²) in [5.74, 6) is -0.203. The van der Waals surface area contributed by atoms with Crippen molar-refractivity contribution in [3.63, 3.8) is 0 Å². The van der Waals surface area contributed by atoms with Gasteiger partial charge in [0.25, 0.3) is 0 Å². The molecule has 0 aliphatic carbocycles. The van der Waals surface area contributed by atoms with E-state index in [1.165, 1.54) is 12.1 Å². The Bertz CT molecular complexity index is 613. The van der Waals surface area contributed by atoms with Crippen LogP contribution in [0.25, 0.3) is 0 Å². The summed E-state index contributed by atoms with van der Waals surface area (Å²) in [6, 6.07) is 11.5. The average molecular weight is 303 g/mol. The van der Waals surface area contributed by atoms with Gasteiger partial charge in [-0.3, -0.25) is 0 Å². The van der Waals surface area contributed by atoms with Crippen molar-refractivity contribution in [2.45, 2.75) is 25.5 Å². The summed E-state index contributed by atoms with van der Waals surface area (Å²) in [7, 11) is 0. The van der Waals surface area contributed by atoms with E-state index in [4.69, 9.17) is 0 Å². The number of rotatable bonds is 6. The first-order valence-electron chi connectivity index (χ1n) is 7.17. The van der Waals surface area contributed by atoms with Crippen LogP contribution in [0.3, 0.4) is 0 Å². The second-order valence-corrected chi connectivity index (χ2v) is 5.44. The number of aliphatic hydroxyl groups is 1. The summed E-state index contributed by atoms with van der Waals surface area (Å²) in [6.07, 6.45) is 0.00200. The maximum Gasteiger partial charge on any atom is 0.157 e. The fourth-order valence-corrected chi connectivity index (χ4v) is 2.24. The third kappa shape index (κ3) is 4.38. The van der Waals surface area contributed by atoms with Crippen molar-refractivity contribution in [3.05, 3.63) is 53.6 Å². The van der Waals surface area contributed by atoms with E-state index in [-0.39, 0.29) is 23.3 Å². The molecule has 0 heterocycles. The van der Waals surface area contributed by atoms with E-state index in [0.717, 1.165) is 12.0 Å². The maximum atomic E-state index is 10.1. The minimum Gasteiger partial charge on any atom is -0.508 e. The molecule has 2 aromatic carbocycles. The molecule has 0 saturated heterocycles. The molecular formula is C17H21NO4. The van der Waals surface area contributed by atoms with Gasteiger partial charge in [-0.2, -0.15) is 0 Å². The Labute approximate surface area is 129 Å². The van der Waals surface area contributed by atoms with Crippen LogP contribution in [0.15, 0.2) is 42.5 Å². The minimum absolute atomic E-state index is 0.143. The van der Waals surface area contributed by atoms with Crippen LogP contribution < -0.4 is 5.32 Å². The monoisotopic (exact) mass is 303 g/mol. The Morgan fingerprint density at radius 1 is 0.955 bits per heavy atom. The van der Waals surface area contributed by atoms with Crippen LogP contribution in [0.1, 0.15) is 24.2 Å². The Balaban J connectivity index is 1.85. The smallest absolute Gasteiger partial charge is 0.157 e. The molecule has 2 rings (SSSR count). The van der Waals surface area contributed by atoms with Gasteiger partial charge >= 0.3 is 0 Å². The molecule has 5 N–H and O–H groups in total. The van der Waals surface area contributed by atoms with E-state index in [1.807, 2.05) is 19.1 Å². The lowest BCUT2D eigenvalue weighted by Gasteiger charge is -2.18. The van der Waals surface area contributed by atoms with Gasteiger partial charge in [-0.15, -0.1) is 0 Å². The number of hydrogen-bond donors (Lipinski definition) is 5. The number of phenolic OH excluding ortho intramolecular Hbond substituents is 3. The molecule has 118 valence electrons. The molecule has 2 atom stereocenters. The molecule has 22 heavy (non-hydrogen) atoms. The summed E-state index contributed by atoms with van der Waals surface area (Å²) in [6.45, 7) is 2.34. The van der Waals surface area contributed by atoms with Crippen LogP contribution in [-0.2, 0) is 6.42 Å². The number of benzene rings is 2. The highest BCUT2D eigenvalue weighted by molar-refractivity contribution is 5.41. The van der Waals surface area contributed by atoms with Gasteiger partial charge in [0.2, 0.25) is 0 Å². The first-order chi connectivity index (χ1) is 10.5. The van der Waals surface area contributed by atoms with Crippen LogP contribution >= 0.6 is 0 Å². The molecule has 2 aromatic rings. The fourth-order valence-electron chi connectivity index (χ4n) is 2.24. The topological polar surface area (TPSA) is 93.0 Å². The van der Waals surface area contributed by atoms with Gasteiger partial charge in [-0.05, 0) is 48.7 Å². The van der Waals surface area contributed by atoms with E-state index < -0.39 is 6.10 Å². The SMILES string of the molecule is C[C@@H](Cc1ccc(O)cc1)NC[C@H](O)c1ccc(O)c(O)c1. The predicted molar refractivity (Wildman–Crippen MR) is 84.0 cm³/mol. The summed E-state index contributed by atoms with van der Waals surface area (Å²) < 4.78 is 0. The fraction of sp³-hybridized carbons (Fsp3) is 0.294. The second-order valence-electron chi connectivity index (χ2n) is 5.44. The van der Waals surface area contributed by atoms with Crippen molar-refractivity contribution >= 4 is 0 Å². The van der Waals surface area contributed by atoms with Gasteiger partial charge in [-0.1, -0.05) is 18.2 Å². The molecule has 0 fully saturated rings. The van der Waals surface area contributed by atoms with Crippen LogP contribution in [0, 0.1) is 0 Å². The molecule has 0 radical (unpaired) electrons. The number of aliphatic hydroxyl groups excluding tert-OH is 1. The first kappa shape index (κ1) is 16.1. The third-order valence-electron chi connectivity index (χ3n) is 3.52. The lowest BCUT2D eigenvalue weighted by Crippen LogP contribution is -2.32. The highest BCUT2D eigenvalue weighted by Crippen LogP contribution is 2.27. The molecule has 0 aromatic heterocycles. The van der Waals surface area contributed by atoms with Gasteiger partial charge in [-0.25, -0.2) is 0 Å². The van der Waals surface area contributed by atoms with Crippen LogP contribution in [0.5, 0.6) is 17.2 Å². The van der Waals surface area contributed by atoms with Gasteiger partial charge in [0.1, 0.15) is 5.75 Å². The number of phenols is 3. The lowest BCUT2D eigenvalue weighted by atomic mass is 10.1. The lowest BCUT2D eigenvalue weighted by molar-refractivity contribution is 0.170. The molecule has 0 aliphatic rings. The second kappa shape index (κ2) is 7.15. The quantitative estimate of drug-likeness (QED) is 0.527. The third-order valence-corrected chi connectivity index (χ3v) is 3.52. The average Bonchev–Trinajstić information content (AvgIpc) is 2.50. The molecule has 0 bridgehead atoms. The number of hydrogen-bond acceptors (Lipinski definition) is 5. The summed E-state index contributed by atoms with van der Waals surface area (Å²) in [4.78, 5) is 0. The summed E-state index contributed by atoms with van der Waals surface area (Å²) in [5, 5.41) is 41.3. The standard InChI is InChI=1S/C17H21NO4/c1-11(8-12-2-5-14(19)6-3-12)18-10-17(22)13-4-7-15(20)16(21)9-13/h2-7,9,11,17-22H,8,10H2,1H3/t11-,17-/m0/s1. The van der Waals surface area contributed by atoms with E-state index in [0.29, 0.717) is 12.1 Å². The molecule has 0 spiro atoms. The van der Waals surface area contributed by atoms with Crippen LogP contribution in [0.2, 0.25) is 0 Å². The number of nitrogens with one attached hydrogen (secondary N) is 1. The van der Waals surface area contributed by atoms with E-state index in [2.05, 4.69) is 5.32 Å². The zero-order valence-electron chi connectivity index (χ0n) is 12.4. The Morgan fingerprint density at radius 3 is 2.27 bits per heavy atom. The Morgan fingerprint density at radius 2 is 1.64 bits per heavy atom. The normalized spacial score (nSPS) is 13.7. The van der Waals surface area contributed by atoms with E-state index in [9.17, 15) is 20.4 Å². The first-order valence-corrected chi connectivity index (χ1v) is 7.17. The van der Waals surface area contributed by atoms with Gasteiger partial charge in [0, 0.05) is 12.6 Å². The van der Waals surface area contributed by atoms with Crippen molar-refractivity contribution in [3.8, 4) is 17.2 Å². The van der Waals surface area contributed by atoms with Crippen molar-refractivity contribution in [2.24, 2.45) is 0 Å². The van der Waals surface area contributed by atoms with Crippen molar-refractivity contribution < 1.29 is 20.4 Å². The molecule has 0 unspecified atom stereocenters. The largest absolute Gasteiger partial charge is 0.508 e. The van der Waals surface area contributed by atoms with E-state index >= 15 is 0 Å². The zero-order chi connectivity index (χ0) is 16.1. The van der Waals surface area contributed by atoms with Crippen LogP contribution in [0.4, 0.5) is 0 Å². The van der Waals surface area contributed by atoms with Gasteiger partial charge in [0.15, 0.2) is 11.5 Å². The summed E-state index contributed by atoms with van der Waals surface area (Å²) in [5.41, 5.74) is 1.63. The Kier molecular flexibility index (Phi) is 5.25. The van der Waals surface area contributed by atoms with Gasteiger partial charge in [0.05, 0.1) is 6.10 Å². The predicted octanol–water partition coefficient (Wildman–Crippen LogP) is 2.06. The molecule has 5 heteroatoms. The highest BCUT2D eigenvalue weighted by Gasteiger charge is 2.12. The maximum absolute atomic E-state index is 10.1. The molecule has 0 aliphatic heterocycles. The Hall–Kier alpha value is -2.24. The van der Waals surface area contributed by atoms with Crippen LogP contribution in [-0.4, -0.2) is 33.0 Å². The van der Waals surface area contributed by atoms with E-state index in [1.54, 1.807) is 18.2 Å². The van der Waals surface area contributed by atoms with Crippen molar-refractivity contribution in [1.29, 1.82) is 0 Å². The minimum atomic E-state index is -0.770. The zero-order valence-corrected chi connectivity index (χ0v) is 12.4. The van der Waals surface area contributed by atoms with Gasteiger partial charge < -0.3 is 25.7 Å². The molecule has 0 saturated carbocycles. The highest BCUT2D eigenvalue weighted by atomic mass is 16.3. The van der Waals surface area contributed by atoms with Crippen molar-refractivity contribution in [1.82, 2.24) is 5.32 Å².